The Bertz CT molecular complexity index is 591. The van der Waals surface area contributed by atoms with Gasteiger partial charge in [-0.3, -0.25) is 9.59 Å². The van der Waals surface area contributed by atoms with Gasteiger partial charge in [-0.2, -0.15) is 0 Å². The third kappa shape index (κ3) is 1.35. The fourth-order valence-corrected chi connectivity index (χ4v) is 3.29. The molecule has 4 atom stereocenters. The summed E-state index contributed by atoms with van der Waals surface area (Å²) in [6, 6.07) is 6.94. The summed E-state index contributed by atoms with van der Waals surface area (Å²) in [5.74, 6) is -0.360. The Balaban J connectivity index is 1.70. The highest BCUT2D eigenvalue weighted by atomic mass is 16.5. The molecule has 20 heavy (non-hydrogen) atoms. The average Bonchev–Trinajstić information content (AvgIpc) is 3.14. The van der Waals surface area contributed by atoms with Crippen LogP contribution in [0.25, 0.3) is 0 Å². The first-order chi connectivity index (χ1) is 9.70. The van der Waals surface area contributed by atoms with Gasteiger partial charge in [-0.05, 0) is 24.3 Å². The SMILES string of the molecule is COc1ccc(N2C(=O)[C@@H]3[C@@H](C2=O)[C@@H]2C=C[C@@H]3O2)cc1. The van der Waals surface area contributed by atoms with Crippen LogP contribution in [-0.2, 0) is 14.3 Å². The van der Waals surface area contributed by atoms with Crippen molar-refractivity contribution in [1.82, 2.24) is 0 Å². The van der Waals surface area contributed by atoms with Crippen molar-refractivity contribution < 1.29 is 19.1 Å². The topological polar surface area (TPSA) is 55.8 Å². The van der Waals surface area contributed by atoms with Gasteiger partial charge in [-0.15, -0.1) is 0 Å². The summed E-state index contributed by atoms with van der Waals surface area (Å²) in [6.07, 6.45) is 3.28. The molecule has 3 heterocycles. The number of anilines is 1. The molecule has 0 saturated carbocycles. The largest absolute Gasteiger partial charge is 0.497 e. The van der Waals surface area contributed by atoms with Gasteiger partial charge in [0.15, 0.2) is 0 Å². The van der Waals surface area contributed by atoms with Crippen molar-refractivity contribution in [2.75, 3.05) is 12.0 Å². The molecule has 0 aliphatic carbocycles. The summed E-state index contributed by atoms with van der Waals surface area (Å²) in [7, 11) is 1.58. The van der Waals surface area contributed by atoms with Crippen LogP contribution >= 0.6 is 0 Å². The second-order valence-corrected chi connectivity index (χ2v) is 5.21. The molecule has 0 unspecified atom stereocenters. The van der Waals surface area contributed by atoms with E-state index in [4.69, 9.17) is 9.47 Å². The van der Waals surface area contributed by atoms with Crippen molar-refractivity contribution in [3.05, 3.63) is 36.4 Å². The number of nitrogens with zero attached hydrogens (tertiary/aromatic N) is 1. The zero-order chi connectivity index (χ0) is 13.9. The maximum absolute atomic E-state index is 12.5. The number of benzene rings is 1. The van der Waals surface area contributed by atoms with Gasteiger partial charge in [-0.1, -0.05) is 12.2 Å². The van der Waals surface area contributed by atoms with Crippen molar-refractivity contribution in [3.8, 4) is 5.75 Å². The highest BCUT2D eigenvalue weighted by molar-refractivity contribution is 6.23. The highest BCUT2D eigenvalue weighted by Gasteiger charge is 2.60. The molecule has 0 spiro atoms. The summed E-state index contributed by atoms with van der Waals surface area (Å²) >= 11 is 0. The molecular formula is C15H13NO4. The average molecular weight is 271 g/mol. The summed E-state index contributed by atoms with van der Waals surface area (Å²) in [5, 5.41) is 0. The quantitative estimate of drug-likeness (QED) is 0.598. The lowest BCUT2D eigenvalue weighted by molar-refractivity contribution is -0.124. The van der Waals surface area contributed by atoms with Gasteiger partial charge >= 0.3 is 0 Å². The van der Waals surface area contributed by atoms with Crippen molar-refractivity contribution in [2.45, 2.75) is 12.2 Å². The smallest absolute Gasteiger partial charge is 0.240 e. The molecule has 0 aromatic heterocycles. The van der Waals surface area contributed by atoms with Gasteiger partial charge in [-0.25, -0.2) is 4.90 Å². The van der Waals surface area contributed by atoms with E-state index < -0.39 is 0 Å². The monoisotopic (exact) mass is 271 g/mol. The third-order valence-electron chi connectivity index (χ3n) is 4.24. The number of carbonyl (C=O) groups is 2. The molecule has 0 N–H and O–H groups in total. The van der Waals surface area contributed by atoms with Crippen molar-refractivity contribution in [2.24, 2.45) is 11.8 Å². The summed E-state index contributed by atoms with van der Waals surface area (Å²) in [6.45, 7) is 0. The zero-order valence-corrected chi connectivity index (χ0v) is 10.9. The zero-order valence-electron chi connectivity index (χ0n) is 10.9. The minimum atomic E-state index is -0.361. The molecule has 3 aliphatic rings. The molecule has 4 rings (SSSR count). The van der Waals surface area contributed by atoms with Crippen LogP contribution < -0.4 is 9.64 Å². The van der Waals surface area contributed by atoms with Crippen LogP contribution in [0.15, 0.2) is 36.4 Å². The van der Waals surface area contributed by atoms with E-state index in [9.17, 15) is 9.59 Å². The van der Waals surface area contributed by atoms with E-state index in [1.54, 1.807) is 31.4 Å². The van der Waals surface area contributed by atoms with Gasteiger partial charge in [0.1, 0.15) is 5.75 Å². The van der Waals surface area contributed by atoms with Crippen LogP contribution in [0.5, 0.6) is 5.75 Å². The number of fused-ring (bicyclic) bond motifs is 5. The first kappa shape index (κ1) is 11.7. The second kappa shape index (κ2) is 3.93. The van der Waals surface area contributed by atoms with E-state index in [0.29, 0.717) is 11.4 Å². The molecular weight excluding hydrogens is 258 g/mol. The normalized spacial score (nSPS) is 34.0. The first-order valence-electron chi connectivity index (χ1n) is 6.56. The fraction of sp³-hybridized carbons (Fsp3) is 0.333. The van der Waals surface area contributed by atoms with Gasteiger partial charge in [0.2, 0.25) is 11.8 Å². The van der Waals surface area contributed by atoms with E-state index in [-0.39, 0.29) is 35.9 Å². The van der Waals surface area contributed by atoms with Gasteiger partial charge in [0.25, 0.3) is 0 Å². The molecule has 2 fully saturated rings. The Labute approximate surface area is 115 Å². The second-order valence-electron chi connectivity index (χ2n) is 5.21. The minimum absolute atomic E-state index is 0.165. The first-order valence-corrected chi connectivity index (χ1v) is 6.56. The van der Waals surface area contributed by atoms with Crippen molar-refractivity contribution in [3.63, 3.8) is 0 Å². The molecule has 5 nitrogen and oxygen atoms in total. The van der Waals surface area contributed by atoms with E-state index >= 15 is 0 Å². The number of hydrogen-bond acceptors (Lipinski definition) is 4. The standard InChI is InChI=1S/C15H13NO4/c1-19-9-4-2-8(3-5-9)16-14(17)12-10-6-7-11(20-10)13(12)15(16)18/h2-7,10-13H,1H3/t10-,11-,12-,13-/m0/s1. The molecule has 2 bridgehead atoms. The lowest BCUT2D eigenvalue weighted by Crippen LogP contribution is -2.34. The van der Waals surface area contributed by atoms with Crippen LogP contribution in [0.3, 0.4) is 0 Å². The van der Waals surface area contributed by atoms with E-state index in [1.165, 1.54) is 4.90 Å². The molecule has 5 heteroatoms. The number of ether oxygens (including phenoxy) is 2. The number of hydrogen-bond donors (Lipinski definition) is 0. The minimum Gasteiger partial charge on any atom is -0.497 e. The Morgan fingerprint density at radius 3 is 2.05 bits per heavy atom. The molecule has 1 aromatic carbocycles. The Hall–Kier alpha value is -2.14. The van der Waals surface area contributed by atoms with Crippen LogP contribution in [-0.4, -0.2) is 31.1 Å². The molecule has 102 valence electrons. The van der Waals surface area contributed by atoms with Crippen LogP contribution in [0, 0.1) is 11.8 Å². The van der Waals surface area contributed by atoms with Gasteiger partial charge in [0.05, 0.1) is 36.8 Å². The molecule has 2 amide bonds. The van der Waals surface area contributed by atoms with Gasteiger partial charge < -0.3 is 9.47 Å². The number of amides is 2. The molecule has 2 saturated heterocycles. The number of imide groups is 1. The van der Waals surface area contributed by atoms with E-state index in [0.717, 1.165) is 0 Å². The number of carbonyl (C=O) groups excluding carboxylic acids is 2. The summed E-state index contributed by atoms with van der Waals surface area (Å²) in [5.41, 5.74) is 0.592. The van der Waals surface area contributed by atoms with Crippen LogP contribution in [0.4, 0.5) is 5.69 Å². The number of rotatable bonds is 2. The predicted molar refractivity (Wildman–Crippen MR) is 70.3 cm³/mol. The maximum atomic E-state index is 12.5. The third-order valence-corrected chi connectivity index (χ3v) is 4.24. The van der Waals surface area contributed by atoms with E-state index in [1.807, 2.05) is 12.2 Å². The molecule has 3 aliphatic heterocycles. The van der Waals surface area contributed by atoms with E-state index in [2.05, 4.69) is 0 Å². The Morgan fingerprint density at radius 1 is 1.00 bits per heavy atom. The van der Waals surface area contributed by atoms with Crippen LogP contribution in [0.1, 0.15) is 0 Å². The predicted octanol–water partition coefficient (Wildman–Crippen LogP) is 1.14. The maximum Gasteiger partial charge on any atom is 0.240 e. The number of methoxy groups -OCH3 is 1. The molecule has 0 radical (unpaired) electrons. The summed E-state index contributed by atoms with van der Waals surface area (Å²) in [4.78, 5) is 26.3. The lowest BCUT2D eigenvalue weighted by atomic mass is 9.85. The van der Waals surface area contributed by atoms with Crippen LogP contribution in [0.2, 0.25) is 0 Å². The molecule has 1 aromatic rings. The Morgan fingerprint density at radius 2 is 1.55 bits per heavy atom. The van der Waals surface area contributed by atoms with Crippen molar-refractivity contribution >= 4 is 17.5 Å². The highest BCUT2D eigenvalue weighted by Crippen LogP contribution is 2.46. The Kier molecular flexibility index (Phi) is 2.29. The van der Waals surface area contributed by atoms with Crippen molar-refractivity contribution in [1.29, 1.82) is 0 Å². The summed E-state index contributed by atoms with van der Waals surface area (Å²) < 4.78 is 10.7. The van der Waals surface area contributed by atoms with Gasteiger partial charge in [0, 0.05) is 0 Å². The fourth-order valence-electron chi connectivity index (χ4n) is 3.29. The lowest BCUT2D eigenvalue weighted by Gasteiger charge is -2.17.